The summed E-state index contributed by atoms with van der Waals surface area (Å²) in [5, 5.41) is 21.2. The molecular formula is C15H28N2O4. The Bertz CT molecular complexity index is 378. The van der Waals surface area contributed by atoms with Crippen molar-refractivity contribution >= 4 is 12.0 Å². The van der Waals surface area contributed by atoms with Crippen LogP contribution in [0.25, 0.3) is 0 Å². The molecule has 0 aromatic carbocycles. The number of carboxylic acids is 1. The van der Waals surface area contributed by atoms with Crippen molar-refractivity contribution in [2.75, 3.05) is 13.2 Å². The zero-order valence-corrected chi connectivity index (χ0v) is 13.4. The minimum Gasteiger partial charge on any atom is -0.481 e. The smallest absolute Gasteiger partial charge is 0.317 e. The van der Waals surface area contributed by atoms with Crippen molar-refractivity contribution in [3.8, 4) is 0 Å². The monoisotopic (exact) mass is 300 g/mol. The maximum Gasteiger partial charge on any atom is 0.317 e. The standard InChI is InChI=1S/C15H28N2O4/c1-10-5-6-17(12(10)9-18)14(21)16-11(7-13(19)20)8-15(2,3)4/h10-12,18H,5-9H2,1-4H3,(H,16,21)(H,19,20). The average Bonchev–Trinajstić information content (AvgIpc) is 2.66. The van der Waals surface area contributed by atoms with Crippen molar-refractivity contribution in [2.45, 2.75) is 59.0 Å². The first-order valence-corrected chi connectivity index (χ1v) is 7.54. The lowest BCUT2D eigenvalue weighted by molar-refractivity contribution is -0.137. The van der Waals surface area contributed by atoms with Gasteiger partial charge in [0.25, 0.3) is 0 Å². The van der Waals surface area contributed by atoms with E-state index >= 15 is 0 Å². The maximum atomic E-state index is 12.3. The number of rotatable bonds is 5. The van der Waals surface area contributed by atoms with E-state index in [1.54, 1.807) is 4.90 Å². The third-order valence-electron chi connectivity index (χ3n) is 3.94. The second-order valence-electron chi connectivity index (χ2n) is 7.22. The number of nitrogens with zero attached hydrogens (tertiary/aromatic N) is 1. The summed E-state index contributed by atoms with van der Waals surface area (Å²) in [6.07, 6.45) is 1.37. The van der Waals surface area contributed by atoms with E-state index in [0.717, 1.165) is 6.42 Å². The Balaban J connectivity index is 2.69. The summed E-state index contributed by atoms with van der Waals surface area (Å²) in [5.41, 5.74) is -0.0674. The van der Waals surface area contributed by atoms with Gasteiger partial charge in [0.15, 0.2) is 0 Å². The van der Waals surface area contributed by atoms with Crippen molar-refractivity contribution in [1.29, 1.82) is 0 Å². The number of carboxylic acid groups (broad SMARTS) is 1. The molecule has 0 saturated carbocycles. The molecule has 21 heavy (non-hydrogen) atoms. The molecule has 2 amide bonds. The van der Waals surface area contributed by atoms with E-state index in [-0.39, 0.29) is 36.4 Å². The van der Waals surface area contributed by atoms with Crippen LogP contribution >= 0.6 is 0 Å². The molecule has 1 saturated heterocycles. The van der Waals surface area contributed by atoms with Gasteiger partial charge in [0, 0.05) is 12.6 Å². The third kappa shape index (κ3) is 5.53. The highest BCUT2D eigenvalue weighted by molar-refractivity contribution is 5.76. The summed E-state index contributed by atoms with van der Waals surface area (Å²) >= 11 is 0. The molecule has 0 aromatic rings. The molecule has 3 N–H and O–H groups in total. The molecule has 0 aliphatic carbocycles. The fourth-order valence-corrected chi connectivity index (χ4v) is 2.92. The van der Waals surface area contributed by atoms with Crippen molar-refractivity contribution in [1.82, 2.24) is 10.2 Å². The molecule has 0 bridgehead atoms. The molecule has 0 aromatic heterocycles. The fraction of sp³-hybridized carbons (Fsp3) is 0.867. The minimum absolute atomic E-state index is 0.0581. The second kappa shape index (κ2) is 7.11. The fourth-order valence-electron chi connectivity index (χ4n) is 2.92. The van der Waals surface area contributed by atoms with Crippen LogP contribution in [0.2, 0.25) is 0 Å². The number of amides is 2. The van der Waals surface area contributed by atoms with Crippen LogP contribution in [0.5, 0.6) is 0 Å². The lowest BCUT2D eigenvalue weighted by atomic mass is 9.87. The molecule has 122 valence electrons. The van der Waals surface area contributed by atoms with Crippen LogP contribution in [0.3, 0.4) is 0 Å². The Morgan fingerprint density at radius 2 is 2.00 bits per heavy atom. The molecule has 1 aliphatic rings. The number of urea groups is 1. The van der Waals surface area contributed by atoms with Crippen LogP contribution in [0, 0.1) is 11.3 Å². The molecule has 1 heterocycles. The number of carbonyl (C=O) groups is 2. The van der Waals surface area contributed by atoms with E-state index < -0.39 is 12.0 Å². The number of nitrogens with one attached hydrogen (secondary N) is 1. The van der Waals surface area contributed by atoms with Gasteiger partial charge in [-0.15, -0.1) is 0 Å². The Morgan fingerprint density at radius 3 is 2.48 bits per heavy atom. The minimum atomic E-state index is -0.918. The molecule has 6 nitrogen and oxygen atoms in total. The molecule has 1 fully saturated rings. The van der Waals surface area contributed by atoms with Crippen LogP contribution in [-0.2, 0) is 4.79 Å². The van der Waals surface area contributed by atoms with Crippen LogP contribution in [0.1, 0.15) is 47.0 Å². The topological polar surface area (TPSA) is 89.9 Å². The largest absolute Gasteiger partial charge is 0.481 e. The van der Waals surface area contributed by atoms with Crippen LogP contribution < -0.4 is 5.32 Å². The highest BCUT2D eigenvalue weighted by Gasteiger charge is 2.35. The van der Waals surface area contributed by atoms with E-state index in [4.69, 9.17) is 5.11 Å². The van der Waals surface area contributed by atoms with Gasteiger partial charge in [-0.25, -0.2) is 4.79 Å². The van der Waals surface area contributed by atoms with Crippen molar-refractivity contribution in [2.24, 2.45) is 11.3 Å². The summed E-state index contributed by atoms with van der Waals surface area (Å²) < 4.78 is 0. The summed E-state index contributed by atoms with van der Waals surface area (Å²) in [4.78, 5) is 24.9. The van der Waals surface area contributed by atoms with E-state index in [9.17, 15) is 14.7 Å². The first-order valence-electron chi connectivity index (χ1n) is 7.54. The number of aliphatic hydroxyl groups excluding tert-OH is 1. The van der Waals surface area contributed by atoms with Gasteiger partial charge in [-0.2, -0.15) is 0 Å². The van der Waals surface area contributed by atoms with Gasteiger partial charge in [-0.05, 0) is 24.2 Å². The van der Waals surface area contributed by atoms with Crippen LogP contribution in [0.4, 0.5) is 4.79 Å². The number of aliphatic carboxylic acids is 1. The molecule has 1 rings (SSSR count). The molecule has 0 spiro atoms. The SMILES string of the molecule is CC1CCN(C(=O)NC(CC(=O)O)CC(C)(C)C)C1CO. The van der Waals surface area contributed by atoms with Crippen LogP contribution in [-0.4, -0.2) is 52.3 Å². The zero-order chi connectivity index (χ0) is 16.2. The predicted molar refractivity (Wildman–Crippen MR) is 80.0 cm³/mol. The number of hydrogen-bond acceptors (Lipinski definition) is 3. The summed E-state index contributed by atoms with van der Waals surface area (Å²) in [7, 11) is 0. The van der Waals surface area contributed by atoms with E-state index in [0.29, 0.717) is 13.0 Å². The van der Waals surface area contributed by atoms with Crippen molar-refractivity contribution < 1.29 is 19.8 Å². The highest BCUT2D eigenvalue weighted by atomic mass is 16.4. The third-order valence-corrected chi connectivity index (χ3v) is 3.94. The van der Waals surface area contributed by atoms with Gasteiger partial charge in [-0.1, -0.05) is 27.7 Å². The van der Waals surface area contributed by atoms with Crippen molar-refractivity contribution in [3.05, 3.63) is 0 Å². The zero-order valence-electron chi connectivity index (χ0n) is 13.4. The maximum absolute atomic E-state index is 12.3. The summed E-state index contributed by atoms with van der Waals surface area (Å²) in [5.74, 6) is -0.653. The molecule has 6 heteroatoms. The van der Waals surface area contributed by atoms with Gasteiger partial charge < -0.3 is 20.4 Å². The molecular weight excluding hydrogens is 272 g/mol. The highest BCUT2D eigenvalue weighted by Crippen LogP contribution is 2.25. The van der Waals surface area contributed by atoms with E-state index in [1.807, 2.05) is 27.7 Å². The van der Waals surface area contributed by atoms with Gasteiger partial charge in [0.1, 0.15) is 0 Å². The van der Waals surface area contributed by atoms with E-state index in [2.05, 4.69) is 5.32 Å². The van der Waals surface area contributed by atoms with Gasteiger partial charge >= 0.3 is 12.0 Å². The molecule has 1 aliphatic heterocycles. The van der Waals surface area contributed by atoms with Crippen LogP contribution in [0.15, 0.2) is 0 Å². The van der Waals surface area contributed by atoms with Crippen molar-refractivity contribution in [3.63, 3.8) is 0 Å². The molecule has 0 radical (unpaired) electrons. The number of hydrogen-bond donors (Lipinski definition) is 3. The number of aliphatic hydroxyl groups is 1. The lowest BCUT2D eigenvalue weighted by Crippen LogP contribution is -2.50. The lowest BCUT2D eigenvalue weighted by Gasteiger charge is -2.30. The Morgan fingerprint density at radius 1 is 1.38 bits per heavy atom. The van der Waals surface area contributed by atoms with Gasteiger partial charge in [0.2, 0.25) is 0 Å². The average molecular weight is 300 g/mol. The first-order chi connectivity index (χ1) is 9.64. The van der Waals surface area contributed by atoms with E-state index in [1.165, 1.54) is 0 Å². The summed E-state index contributed by atoms with van der Waals surface area (Å²) in [6, 6.07) is -0.843. The predicted octanol–water partition coefficient (Wildman–Crippen LogP) is 1.68. The van der Waals surface area contributed by atoms with Gasteiger partial charge in [0.05, 0.1) is 19.1 Å². The van der Waals surface area contributed by atoms with Gasteiger partial charge in [-0.3, -0.25) is 4.79 Å². The molecule has 3 unspecified atom stereocenters. The number of carbonyl (C=O) groups excluding carboxylic acids is 1. The normalized spacial score (nSPS) is 24.0. The Hall–Kier alpha value is -1.30. The second-order valence-corrected chi connectivity index (χ2v) is 7.22. The molecule has 3 atom stereocenters. The summed E-state index contributed by atoms with van der Waals surface area (Å²) in [6.45, 7) is 8.61. The Kier molecular flexibility index (Phi) is 6.01. The number of likely N-dealkylation sites (tertiary alicyclic amines) is 1. The quantitative estimate of drug-likeness (QED) is 0.720. The first kappa shape index (κ1) is 17.8. The Labute approximate surface area is 126 Å².